The molecule has 1 aromatic heterocycles. The van der Waals surface area contributed by atoms with Crippen LogP contribution < -0.4 is 5.32 Å². The van der Waals surface area contributed by atoms with E-state index in [4.69, 9.17) is 23.2 Å². The molecule has 118 valence electrons. The Hall–Kier alpha value is -1.52. The third-order valence-electron chi connectivity index (χ3n) is 3.45. The molecule has 0 fully saturated rings. The lowest BCUT2D eigenvalue weighted by molar-refractivity contribution is 0.0952. The second-order valence-corrected chi connectivity index (χ2v) is 6.08. The van der Waals surface area contributed by atoms with Gasteiger partial charge >= 0.3 is 0 Å². The number of hydrogen-bond donors (Lipinski definition) is 1. The second kappa shape index (κ2) is 7.16. The molecule has 1 heterocycles. The van der Waals surface area contributed by atoms with Crippen LogP contribution in [0.25, 0.3) is 0 Å². The average molecular weight is 340 g/mol. The van der Waals surface area contributed by atoms with Gasteiger partial charge in [0.25, 0.3) is 5.91 Å². The molecule has 1 amide bonds. The van der Waals surface area contributed by atoms with Crippen molar-refractivity contribution in [2.75, 3.05) is 6.54 Å². The SMILES string of the molecule is Cc1ccc(C(=O)NCCCn2nc(C)c(Cl)c2Cl)c(C)c1. The molecule has 0 unspecified atom stereocenters. The van der Waals surface area contributed by atoms with E-state index in [0.29, 0.717) is 34.5 Å². The van der Waals surface area contributed by atoms with Crippen LogP contribution in [0.4, 0.5) is 0 Å². The van der Waals surface area contributed by atoms with Gasteiger partial charge in [-0.2, -0.15) is 5.10 Å². The molecule has 4 nitrogen and oxygen atoms in total. The zero-order valence-electron chi connectivity index (χ0n) is 12.9. The largest absolute Gasteiger partial charge is 0.352 e. The first-order valence-corrected chi connectivity index (χ1v) is 7.89. The Morgan fingerprint density at radius 2 is 2.00 bits per heavy atom. The zero-order valence-corrected chi connectivity index (χ0v) is 14.4. The second-order valence-electron chi connectivity index (χ2n) is 5.34. The van der Waals surface area contributed by atoms with E-state index in [1.54, 1.807) is 4.68 Å². The third-order valence-corrected chi connectivity index (χ3v) is 4.39. The van der Waals surface area contributed by atoms with Crippen molar-refractivity contribution in [2.24, 2.45) is 0 Å². The summed E-state index contributed by atoms with van der Waals surface area (Å²) in [6.45, 7) is 6.93. The molecule has 1 aromatic carbocycles. The number of aryl methyl sites for hydroxylation is 4. The average Bonchev–Trinajstić information content (AvgIpc) is 2.70. The molecule has 0 saturated heterocycles. The Morgan fingerprint density at radius 1 is 1.27 bits per heavy atom. The van der Waals surface area contributed by atoms with E-state index in [1.807, 2.05) is 39.0 Å². The van der Waals surface area contributed by atoms with Crippen LogP contribution in [0.1, 0.15) is 33.6 Å². The molecule has 0 bridgehead atoms. The number of rotatable bonds is 5. The highest BCUT2D eigenvalue weighted by molar-refractivity contribution is 6.41. The molecule has 0 saturated carbocycles. The van der Waals surface area contributed by atoms with Gasteiger partial charge in [0.15, 0.2) is 0 Å². The van der Waals surface area contributed by atoms with E-state index in [0.717, 1.165) is 17.5 Å². The first-order chi connectivity index (χ1) is 10.4. The van der Waals surface area contributed by atoms with E-state index in [1.165, 1.54) is 0 Å². The van der Waals surface area contributed by atoms with Gasteiger partial charge in [0.05, 0.1) is 5.69 Å². The van der Waals surface area contributed by atoms with Crippen molar-refractivity contribution in [1.82, 2.24) is 15.1 Å². The Labute approximate surface area is 140 Å². The van der Waals surface area contributed by atoms with Crippen LogP contribution in [0.15, 0.2) is 18.2 Å². The van der Waals surface area contributed by atoms with E-state index < -0.39 is 0 Å². The van der Waals surface area contributed by atoms with Gasteiger partial charge in [-0.25, -0.2) is 0 Å². The number of nitrogens with zero attached hydrogens (tertiary/aromatic N) is 2. The molecule has 0 aliphatic carbocycles. The molecule has 2 rings (SSSR count). The quantitative estimate of drug-likeness (QED) is 0.838. The maximum Gasteiger partial charge on any atom is 0.251 e. The molecule has 0 spiro atoms. The number of carbonyl (C=O) groups is 1. The summed E-state index contributed by atoms with van der Waals surface area (Å²) in [5, 5.41) is 8.09. The Bertz CT molecular complexity index is 695. The number of carbonyl (C=O) groups excluding carboxylic acids is 1. The standard InChI is InChI=1S/C16H19Cl2N3O/c1-10-5-6-13(11(2)9-10)16(22)19-7-4-8-21-15(18)14(17)12(3)20-21/h5-6,9H,4,7-8H2,1-3H3,(H,19,22). The van der Waals surface area contributed by atoms with E-state index in [9.17, 15) is 4.79 Å². The van der Waals surface area contributed by atoms with E-state index in [-0.39, 0.29) is 5.91 Å². The number of amides is 1. The van der Waals surface area contributed by atoms with Crippen molar-refractivity contribution >= 4 is 29.1 Å². The van der Waals surface area contributed by atoms with Crippen molar-refractivity contribution in [1.29, 1.82) is 0 Å². The molecule has 0 atom stereocenters. The van der Waals surface area contributed by atoms with E-state index >= 15 is 0 Å². The number of benzene rings is 1. The zero-order chi connectivity index (χ0) is 16.3. The highest BCUT2D eigenvalue weighted by atomic mass is 35.5. The summed E-state index contributed by atoms with van der Waals surface area (Å²) in [5.41, 5.74) is 3.55. The number of halogens is 2. The number of aromatic nitrogens is 2. The third kappa shape index (κ3) is 3.81. The lowest BCUT2D eigenvalue weighted by Crippen LogP contribution is -2.26. The molecular weight excluding hydrogens is 321 g/mol. The lowest BCUT2D eigenvalue weighted by atomic mass is 10.1. The summed E-state index contributed by atoms with van der Waals surface area (Å²) < 4.78 is 1.66. The number of hydrogen-bond acceptors (Lipinski definition) is 2. The fourth-order valence-electron chi connectivity index (χ4n) is 2.27. The van der Waals surface area contributed by atoms with Crippen LogP contribution in [0.3, 0.4) is 0 Å². The topological polar surface area (TPSA) is 46.9 Å². The smallest absolute Gasteiger partial charge is 0.251 e. The van der Waals surface area contributed by atoms with Crippen LogP contribution in [0, 0.1) is 20.8 Å². The molecule has 0 radical (unpaired) electrons. The molecule has 0 aliphatic rings. The maximum absolute atomic E-state index is 12.1. The van der Waals surface area contributed by atoms with Gasteiger partial charge in [-0.05, 0) is 38.8 Å². The van der Waals surface area contributed by atoms with Gasteiger partial charge in [0, 0.05) is 18.7 Å². The van der Waals surface area contributed by atoms with Crippen molar-refractivity contribution in [2.45, 2.75) is 33.7 Å². The molecule has 22 heavy (non-hydrogen) atoms. The molecule has 1 N–H and O–H groups in total. The van der Waals surface area contributed by atoms with Gasteiger partial charge in [0.1, 0.15) is 10.2 Å². The molecule has 2 aromatic rings. The van der Waals surface area contributed by atoms with Crippen LogP contribution in [-0.4, -0.2) is 22.2 Å². The van der Waals surface area contributed by atoms with Crippen LogP contribution >= 0.6 is 23.2 Å². The van der Waals surface area contributed by atoms with Gasteiger partial charge in [0.2, 0.25) is 0 Å². The summed E-state index contributed by atoms with van der Waals surface area (Å²) in [4.78, 5) is 12.1. The minimum Gasteiger partial charge on any atom is -0.352 e. The minimum atomic E-state index is -0.0572. The fourth-order valence-corrected chi connectivity index (χ4v) is 2.67. The fraction of sp³-hybridized carbons (Fsp3) is 0.375. The maximum atomic E-state index is 12.1. The van der Waals surface area contributed by atoms with Crippen molar-refractivity contribution in [3.8, 4) is 0 Å². The summed E-state index contributed by atoms with van der Waals surface area (Å²) >= 11 is 12.1. The highest BCUT2D eigenvalue weighted by Gasteiger charge is 2.11. The van der Waals surface area contributed by atoms with Crippen LogP contribution in [0.2, 0.25) is 10.2 Å². The van der Waals surface area contributed by atoms with Gasteiger partial charge < -0.3 is 5.32 Å². The summed E-state index contributed by atoms with van der Waals surface area (Å²) in [7, 11) is 0. The Balaban J connectivity index is 1.86. The lowest BCUT2D eigenvalue weighted by Gasteiger charge is -2.09. The van der Waals surface area contributed by atoms with Crippen LogP contribution in [0.5, 0.6) is 0 Å². The monoisotopic (exact) mass is 339 g/mol. The number of nitrogens with one attached hydrogen (secondary N) is 1. The van der Waals surface area contributed by atoms with Gasteiger partial charge in [-0.3, -0.25) is 9.48 Å². The Morgan fingerprint density at radius 3 is 2.59 bits per heavy atom. The summed E-state index contributed by atoms with van der Waals surface area (Å²) in [5.74, 6) is -0.0572. The minimum absolute atomic E-state index is 0.0572. The van der Waals surface area contributed by atoms with Crippen molar-refractivity contribution in [3.05, 3.63) is 50.8 Å². The van der Waals surface area contributed by atoms with E-state index in [2.05, 4.69) is 10.4 Å². The van der Waals surface area contributed by atoms with Crippen molar-refractivity contribution < 1.29 is 4.79 Å². The van der Waals surface area contributed by atoms with Crippen LogP contribution in [-0.2, 0) is 6.54 Å². The molecule has 6 heteroatoms. The van der Waals surface area contributed by atoms with Gasteiger partial charge in [-0.1, -0.05) is 40.9 Å². The summed E-state index contributed by atoms with van der Waals surface area (Å²) in [6.07, 6.45) is 0.730. The predicted octanol–water partition coefficient (Wildman–Crippen LogP) is 3.94. The van der Waals surface area contributed by atoms with Gasteiger partial charge in [-0.15, -0.1) is 0 Å². The molecule has 0 aliphatic heterocycles. The Kier molecular flexibility index (Phi) is 5.48. The summed E-state index contributed by atoms with van der Waals surface area (Å²) in [6, 6.07) is 5.80. The normalized spacial score (nSPS) is 10.8. The predicted molar refractivity (Wildman–Crippen MR) is 89.9 cm³/mol. The first kappa shape index (κ1) is 16.8. The molecular formula is C16H19Cl2N3O. The van der Waals surface area contributed by atoms with Crippen molar-refractivity contribution in [3.63, 3.8) is 0 Å². The highest BCUT2D eigenvalue weighted by Crippen LogP contribution is 2.24. The first-order valence-electron chi connectivity index (χ1n) is 7.14.